The molecular formula is C19H21N3O3. The van der Waals surface area contributed by atoms with Crippen LogP contribution in [0.3, 0.4) is 0 Å². The second-order valence-corrected chi connectivity index (χ2v) is 5.84. The van der Waals surface area contributed by atoms with E-state index in [0.29, 0.717) is 23.5 Å². The van der Waals surface area contributed by atoms with Crippen molar-refractivity contribution in [1.82, 2.24) is 5.32 Å². The molecule has 0 aliphatic carbocycles. The van der Waals surface area contributed by atoms with Crippen LogP contribution in [-0.2, 0) is 4.74 Å². The van der Waals surface area contributed by atoms with E-state index in [1.165, 1.54) is 0 Å². The first-order chi connectivity index (χ1) is 12.2. The van der Waals surface area contributed by atoms with E-state index < -0.39 is 6.03 Å². The van der Waals surface area contributed by atoms with Gasteiger partial charge in [0.05, 0.1) is 17.4 Å². The van der Waals surface area contributed by atoms with Gasteiger partial charge in [0, 0.05) is 18.8 Å². The third-order valence-electron chi connectivity index (χ3n) is 3.97. The highest BCUT2D eigenvalue weighted by atomic mass is 16.5. The molecule has 2 aromatic carbocycles. The van der Waals surface area contributed by atoms with Crippen molar-refractivity contribution in [2.24, 2.45) is 0 Å². The minimum atomic E-state index is -0.398. The number of hydrogen-bond acceptors (Lipinski definition) is 3. The Morgan fingerprint density at radius 1 is 1.00 bits per heavy atom. The van der Waals surface area contributed by atoms with Crippen molar-refractivity contribution in [2.45, 2.75) is 18.9 Å². The largest absolute Gasteiger partial charge is 0.376 e. The fraction of sp³-hybridized carbons (Fsp3) is 0.263. The Morgan fingerprint density at radius 3 is 2.52 bits per heavy atom. The zero-order valence-corrected chi connectivity index (χ0v) is 13.8. The van der Waals surface area contributed by atoms with E-state index in [9.17, 15) is 9.59 Å². The van der Waals surface area contributed by atoms with Crippen molar-refractivity contribution in [3.63, 3.8) is 0 Å². The lowest BCUT2D eigenvalue weighted by molar-refractivity contribution is 0.0858. The molecule has 3 amide bonds. The van der Waals surface area contributed by atoms with Crippen molar-refractivity contribution in [3.05, 3.63) is 60.2 Å². The molecule has 0 bridgehead atoms. The summed E-state index contributed by atoms with van der Waals surface area (Å²) in [7, 11) is 0. The summed E-state index contributed by atoms with van der Waals surface area (Å²) in [5, 5.41) is 8.33. The summed E-state index contributed by atoms with van der Waals surface area (Å²) < 4.78 is 5.51. The molecule has 1 heterocycles. The number of hydrogen-bond donors (Lipinski definition) is 3. The molecule has 3 N–H and O–H groups in total. The second kappa shape index (κ2) is 8.30. The van der Waals surface area contributed by atoms with Gasteiger partial charge in [0.1, 0.15) is 0 Å². The number of anilines is 2. The summed E-state index contributed by atoms with van der Waals surface area (Å²) in [5.41, 5.74) is 1.56. The predicted octanol–water partition coefficient (Wildman–Crippen LogP) is 3.24. The van der Waals surface area contributed by atoms with Crippen molar-refractivity contribution in [1.29, 1.82) is 0 Å². The van der Waals surface area contributed by atoms with Crippen molar-refractivity contribution in [3.8, 4) is 0 Å². The Morgan fingerprint density at radius 2 is 1.76 bits per heavy atom. The molecule has 6 heteroatoms. The van der Waals surface area contributed by atoms with E-state index >= 15 is 0 Å². The van der Waals surface area contributed by atoms with E-state index in [2.05, 4.69) is 16.0 Å². The molecule has 130 valence electrons. The number of urea groups is 1. The van der Waals surface area contributed by atoms with Gasteiger partial charge in [0.15, 0.2) is 0 Å². The normalized spacial score (nSPS) is 16.2. The highest BCUT2D eigenvalue weighted by Gasteiger charge is 2.18. The van der Waals surface area contributed by atoms with Gasteiger partial charge in [-0.2, -0.15) is 0 Å². The summed E-state index contributed by atoms with van der Waals surface area (Å²) >= 11 is 0. The Labute approximate surface area is 146 Å². The SMILES string of the molecule is O=C(Nc1ccccc1)Nc1ccccc1C(=O)NC[C@H]1CCCO1. The fourth-order valence-corrected chi connectivity index (χ4v) is 2.70. The Bertz CT molecular complexity index is 728. The number of ether oxygens (including phenoxy) is 1. The quantitative estimate of drug-likeness (QED) is 0.782. The molecule has 25 heavy (non-hydrogen) atoms. The topological polar surface area (TPSA) is 79.5 Å². The molecule has 0 spiro atoms. The highest BCUT2D eigenvalue weighted by Crippen LogP contribution is 2.16. The van der Waals surface area contributed by atoms with Crippen LogP contribution in [0.2, 0.25) is 0 Å². The standard InChI is InChI=1S/C19H21N3O3/c23-18(20-13-15-9-6-12-25-15)16-10-4-5-11-17(16)22-19(24)21-14-7-2-1-3-8-14/h1-5,7-8,10-11,15H,6,9,12-13H2,(H,20,23)(H2,21,22,24)/t15-/m1/s1. The molecule has 1 atom stereocenters. The van der Waals surface area contributed by atoms with Crippen LogP contribution >= 0.6 is 0 Å². The van der Waals surface area contributed by atoms with Crippen LogP contribution in [0.1, 0.15) is 23.2 Å². The molecule has 1 saturated heterocycles. The van der Waals surface area contributed by atoms with Crippen LogP contribution in [0.5, 0.6) is 0 Å². The van der Waals surface area contributed by atoms with Crippen LogP contribution < -0.4 is 16.0 Å². The van der Waals surface area contributed by atoms with Crippen LogP contribution in [-0.4, -0.2) is 31.2 Å². The molecular weight excluding hydrogens is 318 g/mol. The molecule has 0 unspecified atom stereocenters. The van der Waals surface area contributed by atoms with Gasteiger partial charge in [-0.3, -0.25) is 4.79 Å². The summed E-state index contributed by atoms with van der Waals surface area (Å²) in [4.78, 5) is 24.6. The van der Waals surface area contributed by atoms with E-state index in [1.54, 1.807) is 36.4 Å². The fourth-order valence-electron chi connectivity index (χ4n) is 2.70. The summed E-state index contributed by atoms with van der Waals surface area (Å²) in [5.74, 6) is -0.230. The third kappa shape index (κ3) is 4.81. The summed E-state index contributed by atoms with van der Waals surface area (Å²) in [6.07, 6.45) is 2.06. The van der Waals surface area contributed by atoms with Crippen LogP contribution in [0.15, 0.2) is 54.6 Å². The maximum absolute atomic E-state index is 12.4. The van der Waals surface area contributed by atoms with Gasteiger partial charge in [0.25, 0.3) is 5.91 Å². The number of para-hydroxylation sites is 2. The number of carbonyl (C=O) groups excluding carboxylic acids is 2. The third-order valence-corrected chi connectivity index (χ3v) is 3.97. The number of rotatable bonds is 5. The Balaban J connectivity index is 1.61. The van der Waals surface area contributed by atoms with Gasteiger partial charge < -0.3 is 20.7 Å². The average Bonchev–Trinajstić information content (AvgIpc) is 3.14. The lowest BCUT2D eigenvalue weighted by atomic mass is 10.1. The van der Waals surface area contributed by atoms with E-state index in [-0.39, 0.29) is 12.0 Å². The Hall–Kier alpha value is -2.86. The monoisotopic (exact) mass is 339 g/mol. The minimum absolute atomic E-state index is 0.0745. The van der Waals surface area contributed by atoms with Crippen LogP contribution in [0.4, 0.5) is 16.2 Å². The van der Waals surface area contributed by atoms with Crippen LogP contribution in [0.25, 0.3) is 0 Å². The van der Waals surface area contributed by atoms with Gasteiger partial charge in [0.2, 0.25) is 0 Å². The minimum Gasteiger partial charge on any atom is -0.376 e. The molecule has 3 rings (SSSR count). The summed E-state index contributed by atoms with van der Waals surface area (Å²) in [6, 6.07) is 15.6. The summed E-state index contributed by atoms with van der Waals surface area (Å²) in [6.45, 7) is 1.22. The van der Waals surface area contributed by atoms with Gasteiger partial charge in [-0.1, -0.05) is 30.3 Å². The zero-order chi connectivity index (χ0) is 17.5. The highest BCUT2D eigenvalue weighted by molar-refractivity contribution is 6.06. The molecule has 6 nitrogen and oxygen atoms in total. The number of benzene rings is 2. The van der Waals surface area contributed by atoms with Gasteiger partial charge in [-0.15, -0.1) is 0 Å². The first-order valence-corrected chi connectivity index (χ1v) is 8.34. The van der Waals surface area contributed by atoms with Crippen molar-refractivity contribution < 1.29 is 14.3 Å². The van der Waals surface area contributed by atoms with Crippen molar-refractivity contribution >= 4 is 23.3 Å². The van der Waals surface area contributed by atoms with Gasteiger partial charge >= 0.3 is 6.03 Å². The molecule has 0 radical (unpaired) electrons. The van der Waals surface area contributed by atoms with Gasteiger partial charge in [-0.05, 0) is 37.1 Å². The first-order valence-electron chi connectivity index (χ1n) is 8.34. The molecule has 1 aliphatic rings. The molecule has 2 aromatic rings. The lowest BCUT2D eigenvalue weighted by Crippen LogP contribution is -2.32. The van der Waals surface area contributed by atoms with E-state index in [0.717, 1.165) is 19.4 Å². The Kier molecular flexibility index (Phi) is 5.64. The average molecular weight is 339 g/mol. The second-order valence-electron chi connectivity index (χ2n) is 5.84. The van der Waals surface area contributed by atoms with E-state index in [1.807, 2.05) is 18.2 Å². The maximum Gasteiger partial charge on any atom is 0.323 e. The zero-order valence-electron chi connectivity index (χ0n) is 13.8. The smallest absolute Gasteiger partial charge is 0.323 e. The molecule has 0 saturated carbocycles. The van der Waals surface area contributed by atoms with Gasteiger partial charge in [-0.25, -0.2) is 4.79 Å². The molecule has 0 aromatic heterocycles. The number of amides is 3. The first kappa shape index (κ1) is 17.0. The number of carbonyl (C=O) groups is 2. The maximum atomic E-state index is 12.4. The predicted molar refractivity (Wildman–Crippen MR) is 96.8 cm³/mol. The molecule has 1 fully saturated rings. The van der Waals surface area contributed by atoms with Crippen molar-refractivity contribution in [2.75, 3.05) is 23.8 Å². The van der Waals surface area contributed by atoms with E-state index in [4.69, 9.17) is 4.74 Å². The molecule has 1 aliphatic heterocycles. The van der Waals surface area contributed by atoms with Crippen LogP contribution in [0, 0.1) is 0 Å². The number of nitrogens with one attached hydrogen (secondary N) is 3. The lowest BCUT2D eigenvalue weighted by Gasteiger charge is -2.14.